The molecule has 4 aromatic rings. The first kappa shape index (κ1) is 20.6. The van der Waals surface area contributed by atoms with Crippen LogP contribution in [0, 0.1) is 6.92 Å². The molecular formula is C26H22N2O5. The zero-order valence-corrected chi connectivity index (χ0v) is 18.1. The number of nitrogens with zero attached hydrogens (tertiary/aromatic N) is 1. The van der Waals surface area contributed by atoms with Crippen LogP contribution >= 0.6 is 0 Å². The average Bonchev–Trinajstić information content (AvgIpc) is 2.98. The van der Waals surface area contributed by atoms with E-state index in [9.17, 15) is 15.0 Å². The number of fused-ring (bicyclic) bond motifs is 2. The summed E-state index contributed by atoms with van der Waals surface area (Å²) in [4.78, 5) is 17.0. The summed E-state index contributed by atoms with van der Waals surface area (Å²) < 4.78 is 10.9. The summed E-state index contributed by atoms with van der Waals surface area (Å²) in [6.07, 6.45) is 0.382. The average molecular weight is 442 g/mol. The van der Waals surface area contributed by atoms with Crippen molar-refractivity contribution >= 4 is 28.1 Å². The van der Waals surface area contributed by atoms with Crippen LogP contribution in [-0.2, 0) is 0 Å². The molecule has 0 spiro atoms. The molecule has 7 nitrogen and oxygen atoms in total. The Morgan fingerprint density at radius 3 is 2.67 bits per heavy atom. The van der Waals surface area contributed by atoms with E-state index in [-0.39, 0.29) is 17.5 Å². The highest BCUT2D eigenvalue weighted by molar-refractivity contribution is 6.13. The van der Waals surface area contributed by atoms with Gasteiger partial charge in [-0.25, -0.2) is 4.79 Å². The lowest BCUT2D eigenvalue weighted by atomic mass is 9.94. The first-order valence-electron chi connectivity index (χ1n) is 10.5. The molecule has 166 valence electrons. The van der Waals surface area contributed by atoms with Gasteiger partial charge in [-0.15, -0.1) is 0 Å². The second kappa shape index (κ2) is 8.02. The van der Waals surface area contributed by atoms with Crippen molar-refractivity contribution < 1.29 is 19.4 Å². The van der Waals surface area contributed by atoms with Crippen molar-refractivity contribution in [1.82, 2.24) is 0 Å². The van der Waals surface area contributed by atoms with Crippen molar-refractivity contribution in [2.45, 2.75) is 19.4 Å². The number of phenols is 2. The maximum Gasteiger partial charge on any atom is 0.336 e. The van der Waals surface area contributed by atoms with E-state index >= 15 is 0 Å². The van der Waals surface area contributed by atoms with E-state index in [1.807, 2.05) is 37.3 Å². The third-order valence-corrected chi connectivity index (χ3v) is 5.88. The van der Waals surface area contributed by atoms with Gasteiger partial charge in [0.05, 0.1) is 35.8 Å². The Morgan fingerprint density at radius 2 is 1.85 bits per heavy atom. The van der Waals surface area contributed by atoms with Crippen molar-refractivity contribution in [2.75, 3.05) is 12.4 Å². The van der Waals surface area contributed by atoms with E-state index in [2.05, 4.69) is 5.32 Å². The zero-order valence-electron chi connectivity index (χ0n) is 18.1. The molecule has 1 aliphatic rings. The maximum atomic E-state index is 12.2. The van der Waals surface area contributed by atoms with E-state index in [4.69, 9.17) is 14.1 Å². The van der Waals surface area contributed by atoms with Gasteiger partial charge in [0.25, 0.3) is 0 Å². The Bertz CT molecular complexity index is 1470. The second-order valence-electron chi connectivity index (χ2n) is 7.99. The molecule has 0 saturated carbocycles. The molecule has 3 N–H and O–H groups in total. The van der Waals surface area contributed by atoms with E-state index < -0.39 is 5.63 Å². The number of aryl methyl sites for hydroxylation is 1. The molecule has 0 fully saturated rings. The van der Waals surface area contributed by atoms with Crippen LogP contribution in [0.2, 0.25) is 0 Å². The molecule has 0 radical (unpaired) electrons. The third kappa shape index (κ3) is 3.67. The number of methoxy groups -OCH3 is 1. The molecule has 0 aliphatic carbocycles. The fourth-order valence-electron chi connectivity index (χ4n) is 4.24. The summed E-state index contributed by atoms with van der Waals surface area (Å²) in [6.45, 7) is 1.83. The monoisotopic (exact) mass is 442 g/mol. The van der Waals surface area contributed by atoms with Gasteiger partial charge in [-0.3, -0.25) is 4.99 Å². The van der Waals surface area contributed by atoms with Crippen LogP contribution in [0.15, 0.2) is 74.9 Å². The van der Waals surface area contributed by atoms with Gasteiger partial charge in [0, 0.05) is 17.9 Å². The standard InChI is InChI=1S/C26H22N2O5/c1-14-11-24(31)33-26-16(14)8-10-22(30)25(26)20-13-19(15-7-9-21(29)23(12-15)32-2)27-17-5-3-4-6-18(17)28-20/h3-12,19,27,29-30H,13H2,1-2H3/t19-/m1/s1. The lowest BCUT2D eigenvalue weighted by Crippen LogP contribution is -2.15. The van der Waals surface area contributed by atoms with Crippen molar-refractivity contribution in [3.8, 4) is 17.2 Å². The molecule has 1 aromatic heterocycles. The van der Waals surface area contributed by atoms with E-state index in [0.717, 1.165) is 22.2 Å². The highest BCUT2D eigenvalue weighted by Crippen LogP contribution is 2.40. The number of hydrogen-bond acceptors (Lipinski definition) is 7. The lowest BCUT2D eigenvalue weighted by Gasteiger charge is -2.20. The minimum absolute atomic E-state index is 0.0172. The Balaban J connectivity index is 1.73. The largest absolute Gasteiger partial charge is 0.507 e. The summed E-state index contributed by atoms with van der Waals surface area (Å²) >= 11 is 0. The third-order valence-electron chi connectivity index (χ3n) is 5.88. The van der Waals surface area contributed by atoms with Crippen molar-refractivity contribution in [3.63, 3.8) is 0 Å². The summed E-state index contributed by atoms with van der Waals surface area (Å²) in [5.74, 6) is 0.393. The van der Waals surface area contributed by atoms with Gasteiger partial charge in [-0.2, -0.15) is 0 Å². The predicted octanol–water partition coefficient (Wildman–Crippen LogP) is 5.20. The van der Waals surface area contributed by atoms with Crippen LogP contribution in [0.3, 0.4) is 0 Å². The summed E-state index contributed by atoms with van der Waals surface area (Å²) in [7, 11) is 1.50. The number of phenolic OH excluding ortho intramolecular Hbond substituents is 2. The van der Waals surface area contributed by atoms with Crippen LogP contribution in [0.25, 0.3) is 11.0 Å². The first-order valence-corrected chi connectivity index (χ1v) is 10.5. The van der Waals surface area contributed by atoms with Gasteiger partial charge in [0.2, 0.25) is 0 Å². The highest BCUT2D eigenvalue weighted by atomic mass is 16.5. The highest BCUT2D eigenvalue weighted by Gasteiger charge is 2.26. The molecule has 1 atom stereocenters. The Hall–Kier alpha value is -4.26. The van der Waals surface area contributed by atoms with E-state index in [0.29, 0.717) is 34.7 Å². The smallest absolute Gasteiger partial charge is 0.336 e. The number of anilines is 1. The molecule has 0 bridgehead atoms. The minimum atomic E-state index is -0.487. The quantitative estimate of drug-likeness (QED) is 0.377. The summed E-state index contributed by atoms with van der Waals surface area (Å²) in [6, 6.07) is 17.3. The van der Waals surface area contributed by atoms with E-state index in [1.54, 1.807) is 24.3 Å². The van der Waals surface area contributed by atoms with Gasteiger partial charge in [0.1, 0.15) is 5.75 Å². The number of hydrogen-bond donors (Lipinski definition) is 3. The number of rotatable bonds is 3. The molecule has 0 unspecified atom stereocenters. The van der Waals surface area contributed by atoms with Gasteiger partial charge in [-0.05, 0) is 54.4 Å². The number of benzene rings is 3. The van der Waals surface area contributed by atoms with Crippen LogP contribution in [0.4, 0.5) is 11.4 Å². The topological polar surface area (TPSA) is 104 Å². The zero-order chi connectivity index (χ0) is 23.1. The normalized spacial score (nSPS) is 15.3. The van der Waals surface area contributed by atoms with E-state index in [1.165, 1.54) is 13.2 Å². The number of para-hydroxylation sites is 2. The van der Waals surface area contributed by atoms with Crippen molar-refractivity contribution in [3.05, 3.63) is 87.8 Å². The lowest BCUT2D eigenvalue weighted by molar-refractivity contribution is 0.372. The fourth-order valence-corrected chi connectivity index (χ4v) is 4.24. The number of nitrogens with one attached hydrogen (secondary N) is 1. The SMILES string of the molecule is COc1cc([C@H]2CC(c3c(O)ccc4c(C)cc(=O)oc34)=Nc3ccccc3N2)ccc1O. The van der Waals surface area contributed by atoms with Crippen LogP contribution in [-0.4, -0.2) is 23.0 Å². The predicted molar refractivity (Wildman–Crippen MR) is 127 cm³/mol. The molecule has 0 amide bonds. The number of aromatic hydroxyl groups is 2. The van der Waals surface area contributed by atoms with Gasteiger partial charge >= 0.3 is 5.63 Å². The van der Waals surface area contributed by atoms with Gasteiger partial charge in [0.15, 0.2) is 17.1 Å². The Labute approximate surface area is 189 Å². The minimum Gasteiger partial charge on any atom is -0.507 e. The molecule has 2 heterocycles. The Kier molecular flexibility index (Phi) is 5.01. The summed E-state index contributed by atoms with van der Waals surface area (Å²) in [5.41, 5.74) is 3.93. The molecular weight excluding hydrogens is 420 g/mol. The maximum absolute atomic E-state index is 12.2. The molecule has 7 heteroatoms. The molecule has 3 aromatic carbocycles. The molecule has 0 saturated heterocycles. The fraction of sp³-hybridized carbons (Fsp3) is 0.154. The van der Waals surface area contributed by atoms with Gasteiger partial charge < -0.3 is 24.7 Å². The first-order chi connectivity index (χ1) is 15.9. The summed E-state index contributed by atoms with van der Waals surface area (Å²) in [5, 5.41) is 25.1. The molecule has 1 aliphatic heterocycles. The molecule has 5 rings (SSSR count). The molecule has 33 heavy (non-hydrogen) atoms. The van der Waals surface area contributed by atoms with Crippen LogP contribution < -0.4 is 15.7 Å². The van der Waals surface area contributed by atoms with Crippen LogP contribution in [0.5, 0.6) is 17.2 Å². The van der Waals surface area contributed by atoms with Crippen molar-refractivity contribution in [2.24, 2.45) is 4.99 Å². The van der Waals surface area contributed by atoms with Crippen molar-refractivity contribution in [1.29, 1.82) is 0 Å². The van der Waals surface area contributed by atoms with Crippen LogP contribution in [0.1, 0.15) is 29.2 Å². The number of aliphatic imine (C=N–C) groups is 1. The Morgan fingerprint density at radius 1 is 1.06 bits per heavy atom. The number of ether oxygens (including phenoxy) is 1. The van der Waals surface area contributed by atoms with Gasteiger partial charge in [-0.1, -0.05) is 18.2 Å². The second-order valence-corrected chi connectivity index (χ2v) is 7.99.